The molecule has 2 heterocycles. The topological polar surface area (TPSA) is 63.0 Å². The monoisotopic (exact) mass is 330 g/mol. The van der Waals surface area contributed by atoms with Crippen LogP contribution < -0.4 is 5.32 Å². The summed E-state index contributed by atoms with van der Waals surface area (Å²) in [5.74, 6) is 0. The third kappa shape index (κ3) is 3.88. The zero-order valence-electron chi connectivity index (χ0n) is 9.84. The van der Waals surface area contributed by atoms with E-state index in [0.717, 1.165) is 16.7 Å². The average molecular weight is 331 g/mol. The molecule has 0 saturated heterocycles. The van der Waals surface area contributed by atoms with E-state index in [2.05, 4.69) is 36.9 Å². The van der Waals surface area contributed by atoms with Gasteiger partial charge in [-0.15, -0.1) is 16.4 Å². The van der Waals surface area contributed by atoms with Gasteiger partial charge in [0.2, 0.25) is 0 Å². The molecule has 0 aliphatic heterocycles. The van der Waals surface area contributed by atoms with Gasteiger partial charge in [0.1, 0.15) is 0 Å². The molecule has 0 atom stereocenters. The van der Waals surface area contributed by atoms with Gasteiger partial charge in [0.25, 0.3) is 0 Å². The van der Waals surface area contributed by atoms with E-state index in [1.54, 1.807) is 16.0 Å². The first-order valence-electron chi connectivity index (χ1n) is 5.72. The van der Waals surface area contributed by atoms with Crippen molar-refractivity contribution < 1.29 is 5.11 Å². The van der Waals surface area contributed by atoms with Crippen LogP contribution in [0.1, 0.15) is 17.0 Å². The number of aryl methyl sites for hydroxylation is 1. The number of aliphatic hydroxyl groups is 1. The Balaban J connectivity index is 1.76. The lowest BCUT2D eigenvalue weighted by Crippen LogP contribution is -2.12. The summed E-state index contributed by atoms with van der Waals surface area (Å²) in [4.78, 5) is 1.28. The second-order valence-electron chi connectivity index (χ2n) is 3.85. The van der Waals surface area contributed by atoms with Gasteiger partial charge < -0.3 is 10.4 Å². The molecule has 7 heteroatoms. The Morgan fingerprint density at radius 2 is 2.33 bits per heavy atom. The van der Waals surface area contributed by atoms with Gasteiger partial charge in [-0.05, 0) is 33.8 Å². The molecule has 2 rings (SSSR count). The molecule has 98 valence electrons. The lowest BCUT2D eigenvalue weighted by molar-refractivity contribution is 0.276. The van der Waals surface area contributed by atoms with Gasteiger partial charge >= 0.3 is 0 Å². The van der Waals surface area contributed by atoms with E-state index < -0.39 is 0 Å². The predicted molar refractivity (Wildman–Crippen MR) is 74.3 cm³/mol. The molecule has 2 aromatic heterocycles. The van der Waals surface area contributed by atoms with Crippen LogP contribution >= 0.6 is 27.3 Å². The number of hydrogen-bond acceptors (Lipinski definition) is 5. The van der Waals surface area contributed by atoms with Crippen molar-refractivity contribution >= 4 is 27.3 Å². The lowest BCUT2D eigenvalue weighted by atomic mass is 10.4. The van der Waals surface area contributed by atoms with Gasteiger partial charge in [-0.3, -0.25) is 4.68 Å². The van der Waals surface area contributed by atoms with Gasteiger partial charge in [-0.2, -0.15) is 0 Å². The van der Waals surface area contributed by atoms with Crippen LogP contribution in [0.3, 0.4) is 0 Å². The molecule has 0 amide bonds. The van der Waals surface area contributed by atoms with Crippen molar-refractivity contribution in [3.05, 3.63) is 32.7 Å². The van der Waals surface area contributed by atoms with Crippen LogP contribution in [0.5, 0.6) is 0 Å². The Kier molecular flexibility index (Phi) is 5.30. The van der Waals surface area contributed by atoms with Gasteiger partial charge in [-0.1, -0.05) is 5.21 Å². The number of hydrogen-bond donors (Lipinski definition) is 2. The van der Waals surface area contributed by atoms with Crippen molar-refractivity contribution in [3.8, 4) is 0 Å². The molecule has 5 nitrogen and oxygen atoms in total. The molecule has 2 N–H and O–H groups in total. The normalized spacial score (nSPS) is 11.0. The lowest BCUT2D eigenvalue weighted by Gasteiger charge is -2.00. The van der Waals surface area contributed by atoms with E-state index in [-0.39, 0.29) is 6.61 Å². The summed E-state index contributed by atoms with van der Waals surface area (Å²) in [6, 6.07) is 2.05. The van der Waals surface area contributed by atoms with E-state index in [4.69, 9.17) is 5.11 Å². The summed E-state index contributed by atoms with van der Waals surface area (Å²) in [7, 11) is 0. The highest BCUT2D eigenvalue weighted by molar-refractivity contribution is 9.10. The summed E-state index contributed by atoms with van der Waals surface area (Å²) in [5.41, 5.74) is 0.917. The third-order valence-electron chi connectivity index (χ3n) is 2.41. The van der Waals surface area contributed by atoms with Crippen LogP contribution in [0, 0.1) is 0 Å². The van der Waals surface area contributed by atoms with Crippen LogP contribution in [0.25, 0.3) is 0 Å². The molecular formula is C11H15BrN4OS. The number of aromatic nitrogens is 3. The Morgan fingerprint density at radius 3 is 3.06 bits per heavy atom. The maximum absolute atomic E-state index is 8.73. The first kappa shape index (κ1) is 13.7. The van der Waals surface area contributed by atoms with E-state index in [1.807, 2.05) is 12.3 Å². The highest BCUT2D eigenvalue weighted by Crippen LogP contribution is 2.22. The van der Waals surface area contributed by atoms with Crippen LogP contribution in [-0.4, -0.2) is 26.7 Å². The molecule has 2 aromatic rings. The Hall–Kier alpha value is -0.760. The molecule has 0 spiro atoms. The second-order valence-corrected chi connectivity index (χ2v) is 5.70. The SMILES string of the molecule is OCCCn1cc(CNCc2sccc2Br)nn1. The van der Waals surface area contributed by atoms with Crippen molar-refractivity contribution in [2.24, 2.45) is 0 Å². The van der Waals surface area contributed by atoms with Crippen molar-refractivity contribution in [2.45, 2.75) is 26.1 Å². The molecular weight excluding hydrogens is 316 g/mol. The molecule has 0 aliphatic rings. The largest absolute Gasteiger partial charge is 0.396 e. The number of rotatable bonds is 7. The molecule has 0 unspecified atom stereocenters. The highest BCUT2D eigenvalue weighted by atomic mass is 79.9. The van der Waals surface area contributed by atoms with E-state index in [9.17, 15) is 0 Å². The summed E-state index contributed by atoms with van der Waals surface area (Å²) < 4.78 is 2.90. The fraction of sp³-hybridized carbons (Fsp3) is 0.455. The standard InChI is InChI=1S/C11H15BrN4OS/c12-10-2-5-18-11(10)7-13-6-9-8-16(15-14-9)3-1-4-17/h2,5,8,13,17H,1,3-4,6-7H2. The average Bonchev–Trinajstić information content (AvgIpc) is 2.97. The smallest absolute Gasteiger partial charge is 0.0964 e. The van der Waals surface area contributed by atoms with E-state index in [1.165, 1.54) is 4.88 Å². The first-order valence-corrected chi connectivity index (χ1v) is 7.39. The maximum atomic E-state index is 8.73. The Labute approximate surface area is 118 Å². The van der Waals surface area contributed by atoms with Crippen LogP contribution in [0.4, 0.5) is 0 Å². The first-order chi connectivity index (χ1) is 8.79. The molecule has 0 bridgehead atoms. The van der Waals surface area contributed by atoms with Gasteiger partial charge in [-0.25, -0.2) is 0 Å². The van der Waals surface area contributed by atoms with E-state index in [0.29, 0.717) is 19.5 Å². The predicted octanol–water partition coefficient (Wildman–Crippen LogP) is 1.77. The van der Waals surface area contributed by atoms with Crippen LogP contribution in [0.15, 0.2) is 22.1 Å². The molecule has 18 heavy (non-hydrogen) atoms. The fourth-order valence-corrected chi connectivity index (χ4v) is 2.98. The zero-order valence-corrected chi connectivity index (χ0v) is 12.2. The minimum absolute atomic E-state index is 0.180. The number of nitrogens with one attached hydrogen (secondary N) is 1. The fourth-order valence-electron chi connectivity index (χ4n) is 1.52. The van der Waals surface area contributed by atoms with Gasteiger partial charge in [0.15, 0.2) is 0 Å². The molecule has 0 aromatic carbocycles. The number of thiophene rings is 1. The zero-order chi connectivity index (χ0) is 12.8. The summed E-state index contributed by atoms with van der Waals surface area (Å²) >= 11 is 5.22. The van der Waals surface area contributed by atoms with Crippen LogP contribution in [-0.2, 0) is 19.6 Å². The maximum Gasteiger partial charge on any atom is 0.0964 e. The third-order valence-corrected chi connectivity index (χ3v) is 4.34. The molecule has 0 radical (unpaired) electrons. The Bertz CT molecular complexity index is 485. The Morgan fingerprint density at radius 1 is 1.44 bits per heavy atom. The van der Waals surface area contributed by atoms with E-state index >= 15 is 0 Å². The van der Waals surface area contributed by atoms with Gasteiger partial charge in [0, 0.05) is 41.8 Å². The van der Waals surface area contributed by atoms with Crippen molar-refractivity contribution in [2.75, 3.05) is 6.61 Å². The van der Waals surface area contributed by atoms with Gasteiger partial charge in [0.05, 0.1) is 5.69 Å². The highest BCUT2D eigenvalue weighted by Gasteiger charge is 2.03. The minimum atomic E-state index is 0.180. The second kappa shape index (κ2) is 6.98. The molecule has 0 aliphatic carbocycles. The quantitative estimate of drug-likeness (QED) is 0.812. The number of aliphatic hydroxyl groups excluding tert-OH is 1. The number of halogens is 1. The summed E-state index contributed by atoms with van der Waals surface area (Å²) in [5, 5.41) is 22.2. The minimum Gasteiger partial charge on any atom is -0.396 e. The summed E-state index contributed by atoms with van der Waals surface area (Å²) in [6.07, 6.45) is 2.62. The molecule has 0 saturated carbocycles. The van der Waals surface area contributed by atoms with Crippen molar-refractivity contribution in [1.82, 2.24) is 20.3 Å². The summed E-state index contributed by atoms with van der Waals surface area (Å²) in [6.45, 7) is 2.41. The molecule has 0 fully saturated rings. The van der Waals surface area contributed by atoms with Crippen molar-refractivity contribution in [1.29, 1.82) is 0 Å². The number of nitrogens with zero attached hydrogens (tertiary/aromatic N) is 3. The van der Waals surface area contributed by atoms with Crippen LogP contribution in [0.2, 0.25) is 0 Å². The van der Waals surface area contributed by atoms with Crippen molar-refractivity contribution in [3.63, 3.8) is 0 Å².